The molecule has 0 saturated heterocycles. The monoisotopic (exact) mass is 527 g/mol. The molecule has 2 N–H and O–H groups in total. The maximum atomic E-state index is 13.9. The first-order chi connectivity index (χ1) is 17.6. The van der Waals surface area contributed by atoms with Crippen LogP contribution in [-0.2, 0) is 14.3 Å². The first kappa shape index (κ1) is 29.8. The third kappa shape index (κ3) is 9.49. The number of hydrogen-bond acceptors (Lipinski definition) is 6. The fourth-order valence-corrected chi connectivity index (χ4v) is 4.07. The Morgan fingerprint density at radius 3 is 2.27 bits per heavy atom. The fraction of sp³-hybridized carbons (Fsp3) is 0.393. The predicted molar refractivity (Wildman–Crippen MR) is 149 cm³/mol. The molecule has 3 amide bonds. The van der Waals surface area contributed by atoms with Crippen LogP contribution in [0.5, 0.6) is 5.75 Å². The number of ether oxygens (including phenoxy) is 2. The summed E-state index contributed by atoms with van der Waals surface area (Å²) in [6, 6.07) is 14.1. The van der Waals surface area contributed by atoms with Crippen molar-refractivity contribution in [1.82, 2.24) is 10.2 Å². The standard InChI is InChI=1S/C28H37N3O5S/c1-7-18-31(26(33)23(17-19-37-6)30-27(34)36-28(2,3)4)24(20-11-9-8-10-12-20)25(32)29-21-13-15-22(35-5)16-14-21/h7-16,23-24H,1,17-19H2,2-6H3,(H,29,32)(H,30,34). The molecular formula is C28H37N3O5S. The molecule has 0 heterocycles. The molecule has 0 bridgehead atoms. The maximum absolute atomic E-state index is 13.9. The van der Waals surface area contributed by atoms with Gasteiger partial charge in [-0.1, -0.05) is 36.4 Å². The average molecular weight is 528 g/mol. The van der Waals surface area contributed by atoms with Crippen molar-refractivity contribution >= 4 is 35.4 Å². The summed E-state index contributed by atoms with van der Waals surface area (Å²) in [4.78, 5) is 41.5. The predicted octanol–water partition coefficient (Wildman–Crippen LogP) is 5.04. The number of benzene rings is 2. The van der Waals surface area contributed by atoms with Crippen molar-refractivity contribution in [3.05, 3.63) is 72.8 Å². The molecule has 200 valence electrons. The van der Waals surface area contributed by atoms with Crippen molar-refractivity contribution in [3.63, 3.8) is 0 Å². The van der Waals surface area contributed by atoms with E-state index in [4.69, 9.17) is 9.47 Å². The Bertz CT molecular complexity index is 1040. The van der Waals surface area contributed by atoms with E-state index in [-0.39, 0.29) is 6.54 Å². The van der Waals surface area contributed by atoms with Crippen LogP contribution >= 0.6 is 11.8 Å². The van der Waals surface area contributed by atoms with E-state index in [1.54, 1.807) is 82.1 Å². The Balaban J connectivity index is 2.41. The molecule has 0 aliphatic heterocycles. The molecule has 8 nitrogen and oxygen atoms in total. The maximum Gasteiger partial charge on any atom is 0.408 e. The minimum absolute atomic E-state index is 0.0974. The van der Waals surface area contributed by atoms with Crippen molar-refractivity contribution < 1.29 is 23.9 Å². The van der Waals surface area contributed by atoms with Crippen LogP contribution in [0.25, 0.3) is 0 Å². The molecule has 9 heteroatoms. The van der Waals surface area contributed by atoms with Gasteiger partial charge in [-0.3, -0.25) is 9.59 Å². The normalized spacial score (nSPS) is 12.6. The second-order valence-electron chi connectivity index (χ2n) is 9.29. The molecule has 2 aromatic rings. The zero-order chi connectivity index (χ0) is 27.4. The number of amides is 3. The molecule has 0 spiro atoms. The minimum atomic E-state index is -0.967. The summed E-state index contributed by atoms with van der Waals surface area (Å²) in [6.45, 7) is 9.16. The number of thioether (sulfide) groups is 1. The van der Waals surface area contributed by atoms with E-state index >= 15 is 0 Å². The number of anilines is 1. The van der Waals surface area contributed by atoms with E-state index in [1.807, 2.05) is 24.5 Å². The zero-order valence-electron chi connectivity index (χ0n) is 22.2. The molecule has 2 atom stereocenters. The Morgan fingerprint density at radius 2 is 1.73 bits per heavy atom. The van der Waals surface area contributed by atoms with Gasteiger partial charge in [0.05, 0.1) is 7.11 Å². The average Bonchev–Trinajstić information content (AvgIpc) is 2.86. The highest BCUT2D eigenvalue weighted by molar-refractivity contribution is 7.98. The van der Waals surface area contributed by atoms with Crippen molar-refractivity contribution in [2.45, 2.75) is 44.9 Å². The van der Waals surface area contributed by atoms with Crippen LogP contribution < -0.4 is 15.4 Å². The molecule has 37 heavy (non-hydrogen) atoms. The summed E-state index contributed by atoms with van der Waals surface area (Å²) in [7, 11) is 1.57. The molecule has 0 aliphatic rings. The van der Waals surface area contributed by atoms with E-state index in [0.717, 1.165) is 0 Å². The van der Waals surface area contributed by atoms with Crippen LogP contribution in [-0.4, -0.2) is 60.1 Å². The van der Waals surface area contributed by atoms with Gasteiger partial charge in [0.15, 0.2) is 0 Å². The topological polar surface area (TPSA) is 97.0 Å². The van der Waals surface area contributed by atoms with Crippen molar-refractivity contribution in [1.29, 1.82) is 0 Å². The minimum Gasteiger partial charge on any atom is -0.497 e. The summed E-state index contributed by atoms with van der Waals surface area (Å²) in [5.41, 5.74) is 0.469. The van der Waals surface area contributed by atoms with E-state index in [2.05, 4.69) is 17.2 Å². The smallest absolute Gasteiger partial charge is 0.408 e. The van der Waals surface area contributed by atoms with Gasteiger partial charge >= 0.3 is 6.09 Å². The molecule has 0 fully saturated rings. The molecule has 0 saturated carbocycles. The van der Waals surface area contributed by atoms with Gasteiger partial charge in [-0.15, -0.1) is 6.58 Å². The highest BCUT2D eigenvalue weighted by Gasteiger charge is 2.35. The lowest BCUT2D eigenvalue weighted by atomic mass is 10.0. The highest BCUT2D eigenvalue weighted by atomic mass is 32.2. The molecule has 2 rings (SSSR count). The van der Waals surface area contributed by atoms with E-state index < -0.39 is 35.6 Å². The Hall–Kier alpha value is -3.46. The Morgan fingerprint density at radius 1 is 1.08 bits per heavy atom. The van der Waals surface area contributed by atoms with Crippen LogP contribution in [0.2, 0.25) is 0 Å². The lowest BCUT2D eigenvalue weighted by Crippen LogP contribution is -2.52. The second kappa shape index (κ2) is 14.3. The van der Waals surface area contributed by atoms with Crippen molar-refractivity contribution in [3.8, 4) is 5.75 Å². The first-order valence-electron chi connectivity index (χ1n) is 12.0. The number of methoxy groups -OCH3 is 1. The number of alkyl carbamates (subject to hydrolysis) is 1. The van der Waals surface area contributed by atoms with Gasteiger partial charge in [-0.25, -0.2) is 4.79 Å². The lowest BCUT2D eigenvalue weighted by Gasteiger charge is -2.34. The van der Waals surface area contributed by atoms with E-state index in [1.165, 1.54) is 4.90 Å². The van der Waals surface area contributed by atoms with Crippen LogP contribution in [0.3, 0.4) is 0 Å². The van der Waals surface area contributed by atoms with Crippen molar-refractivity contribution in [2.24, 2.45) is 0 Å². The van der Waals surface area contributed by atoms with E-state index in [9.17, 15) is 14.4 Å². The number of nitrogens with zero attached hydrogens (tertiary/aromatic N) is 1. The molecule has 2 aromatic carbocycles. The molecule has 0 aliphatic carbocycles. The van der Waals surface area contributed by atoms with Gasteiger partial charge in [-0.05, 0) is 69.0 Å². The van der Waals surface area contributed by atoms with Crippen LogP contribution in [0, 0.1) is 0 Å². The van der Waals surface area contributed by atoms with Crippen molar-refractivity contribution in [2.75, 3.05) is 31.0 Å². The second-order valence-corrected chi connectivity index (χ2v) is 10.3. The summed E-state index contributed by atoms with van der Waals surface area (Å²) >= 11 is 1.56. The third-order valence-corrected chi connectivity index (χ3v) is 5.89. The van der Waals surface area contributed by atoms with Gasteiger partial charge in [0, 0.05) is 12.2 Å². The molecule has 0 aromatic heterocycles. The van der Waals surface area contributed by atoms with Crippen LogP contribution in [0.4, 0.5) is 10.5 Å². The number of nitrogens with one attached hydrogen (secondary N) is 2. The molecule has 0 radical (unpaired) electrons. The number of hydrogen-bond donors (Lipinski definition) is 2. The van der Waals surface area contributed by atoms with Crippen LogP contribution in [0.1, 0.15) is 38.8 Å². The van der Waals surface area contributed by atoms with E-state index in [0.29, 0.717) is 29.2 Å². The number of rotatable bonds is 12. The third-order valence-electron chi connectivity index (χ3n) is 5.24. The molecular weight excluding hydrogens is 490 g/mol. The molecule has 2 unspecified atom stereocenters. The summed E-state index contributed by atoms with van der Waals surface area (Å²) in [5, 5.41) is 5.61. The zero-order valence-corrected chi connectivity index (χ0v) is 23.0. The summed E-state index contributed by atoms with van der Waals surface area (Å²) in [6.07, 6.45) is 3.16. The summed E-state index contributed by atoms with van der Waals surface area (Å²) < 4.78 is 10.6. The highest BCUT2D eigenvalue weighted by Crippen LogP contribution is 2.25. The SMILES string of the molecule is C=CCN(C(=O)C(CCSC)NC(=O)OC(C)(C)C)C(C(=O)Nc1ccc(OC)cc1)c1ccccc1. The summed E-state index contributed by atoms with van der Waals surface area (Å²) in [5.74, 6) is 0.485. The number of carbonyl (C=O) groups excluding carboxylic acids is 3. The van der Waals surface area contributed by atoms with Gasteiger partial charge in [0.25, 0.3) is 5.91 Å². The van der Waals surface area contributed by atoms with Gasteiger partial charge in [0.1, 0.15) is 23.4 Å². The quantitative estimate of drug-likeness (QED) is 0.376. The largest absolute Gasteiger partial charge is 0.497 e. The van der Waals surface area contributed by atoms with Gasteiger partial charge < -0.3 is 25.0 Å². The lowest BCUT2D eigenvalue weighted by molar-refractivity contribution is -0.140. The van der Waals surface area contributed by atoms with Crippen LogP contribution in [0.15, 0.2) is 67.3 Å². The first-order valence-corrected chi connectivity index (χ1v) is 13.4. The Kier molecular flexibility index (Phi) is 11.5. The van der Waals surface area contributed by atoms with Gasteiger partial charge in [0.2, 0.25) is 5.91 Å². The Labute approximate surface area is 223 Å². The van der Waals surface area contributed by atoms with Gasteiger partial charge in [-0.2, -0.15) is 11.8 Å². The number of carbonyl (C=O) groups is 3. The fourth-order valence-electron chi connectivity index (χ4n) is 3.60.